The second-order valence-corrected chi connectivity index (χ2v) is 6.29. The lowest BCUT2D eigenvalue weighted by Crippen LogP contribution is -2.16. The van der Waals surface area contributed by atoms with Crippen LogP contribution in [-0.2, 0) is 14.6 Å². The van der Waals surface area contributed by atoms with E-state index in [1.165, 1.54) is 12.1 Å². The highest BCUT2D eigenvalue weighted by Gasteiger charge is 2.08. The van der Waals surface area contributed by atoms with Crippen LogP contribution in [0.4, 0.5) is 5.69 Å². The molecule has 0 saturated heterocycles. The van der Waals surface area contributed by atoms with Gasteiger partial charge in [-0.1, -0.05) is 0 Å². The molecule has 0 aromatic heterocycles. The number of hydrogen-bond acceptors (Lipinski definition) is 4. The standard InChI is InChI=1S/C12H17NO4S/c1-9(3-8-12(14)15)13-10-4-6-11(7-5-10)18(2,16)17/h4-7,9,13H,3,8H2,1-2H3,(H,14,15). The monoisotopic (exact) mass is 271 g/mol. The van der Waals surface area contributed by atoms with E-state index >= 15 is 0 Å². The maximum absolute atomic E-state index is 11.3. The van der Waals surface area contributed by atoms with Crippen molar-refractivity contribution in [2.24, 2.45) is 0 Å². The predicted molar refractivity (Wildman–Crippen MR) is 69.5 cm³/mol. The number of aliphatic carboxylic acids is 1. The van der Waals surface area contributed by atoms with Gasteiger partial charge >= 0.3 is 5.97 Å². The topological polar surface area (TPSA) is 83.5 Å². The van der Waals surface area contributed by atoms with Gasteiger partial charge in [0.05, 0.1) is 4.90 Å². The Labute approximate surface area is 107 Å². The van der Waals surface area contributed by atoms with E-state index in [1.54, 1.807) is 12.1 Å². The van der Waals surface area contributed by atoms with Crippen LogP contribution in [0.3, 0.4) is 0 Å². The van der Waals surface area contributed by atoms with Crippen molar-refractivity contribution >= 4 is 21.5 Å². The second-order valence-electron chi connectivity index (χ2n) is 4.27. The van der Waals surface area contributed by atoms with Crippen molar-refractivity contribution in [1.29, 1.82) is 0 Å². The van der Waals surface area contributed by atoms with E-state index < -0.39 is 15.8 Å². The van der Waals surface area contributed by atoms with Crippen molar-refractivity contribution < 1.29 is 18.3 Å². The molecular weight excluding hydrogens is 254 g/mol. The van der Waals surface area contributed by atoms with Crippen molar-refractivity contribution in [2.75, 3.05) is 11.6 Å². The molecule has 0 fully saturated rings. The van der Waals surface area contributed by atoms with Gasteiger partial charge in [0.15, 0.2) is 9.84 Å². The first-order chi connectivity index (χ1) is 8.29. The molecular formula is C12H17NO4S. The summed E-state index contributed by atoms with van der Waals surface area (Å²) in [5.41, 5.74) is 0.778. The zero-order valence-electron chi connectivity index (χ0n) is 10.4. The summed E-state index contributed by atoms with van der Waals surface area (Å²) in [4.78, 5) is 10.7. The summed E-state index contributed by atoms with van der Waals surface area (Å²) in [6, 6.07) is 6.43. The van der Waals surface area contributed by atoms with E-state index in [2.05, 4.69) is 5.32 Å². The molecule has 1 rings (SSSR count). The molecule has 1 atom stereocenters. The predicted octanol–water partition coefficient (Wildman–Crippen LogP) is 1.76. The van der Waals surface area contributed by atoms with Crippen LogP contribution in [0.15, 0.2) is 29.2 Å². The molecule has 0 aliphatic carbocycles. The minimum Gasteiger partial charge on any atom is -0.481 e. The van der Waals surface area contributed by atoms with Crippen LogP contribution in [0.1, 0.15) is 19.8 Å². The van der Waals surface area contributed by atoms with E-state index in [4.69, 9.17) is 5.11 Å². The van der Waals surface area contributed by atoms with Crippen molar-refractivity contribution in [3.8, 4) is 0 Å². The van der Waals surface area contributed by atoms with E-state index in [0.717, 1.165) is 11.9 Å². The summed E-state index contributed by atoms with van der Waals surface area (Å²) in [7, 11) is -3.18. The van der Waals surface area contributed by atoms with Gasteiger partial charge in [-0.2, -0.15) is 0 Å². The first kappa shape index (κ1) is 14.5. The maximum Gasteiger partial charge on any atom is 0.303 e. The molecule has 0 bridgehead atoms. The molecule has 0 aliphatic heterocycles. The largest absolute Gasteiger partial charge is 0.481 e. The van der Waals surface area contributed by atoms with Crippen LogP contribution in [0, 0.1) is 0 Å². The van der Waals surface area contributed by atoms with Crippen LogP contribution in [0.2, 0.25) is 0 Å². The zero-order chi connectivity index (χ0) is 13.8. The Balaban J connectivity index is 2.61. The van der Waals surface area contributed by atoms with Gasteiger partial charge in [0, 0.05) is 24.4 Å². The minimum absolute atomic E-state index is 0.0187. The molecule has 100 valence electrons. The number of hydrogen-bond donors (Lipinski definition) is 2. The van der Waals surface area contributed by atoms with Crippen molar-refractivity contribution in [2.45, 2.75) is 30.7 Å². The van der Waals surface area contributed by atoms with E-state index in [1.807, 2.05) is 6.92 Å². The average Bonchev–Trinajstić information content (AvgIpc) is 2.26. The molecule has 0 radical (unpaired) electrons. The van der Waals surface area contributed by atoms with E-state index in [9.17, 15) is 13.2 Å². The van der Waals surface area contributed by atoms with Gasteiger partial charge in [-0.3, -0.25) is 4.79 Å². The quantitative estimate of drug-likeness (QED) is 0.823. The second kappa shape index (κ2) is 5.86. The highest BCUT2D eigenvalue weighted by Crippen LogP contribution is 2.15. The summed E-state index contributed by atoms with van der Waals surface area (Å²) in [6.45, 7) is 1.88. The van der Waals surface area contributed by atoms with Crippen LogP contribution < -0.4 is 5.32 Å². The number of anilines is 1. The van der Waals surface area contributed by atoms with Gasteiger partial charge in [0.2, 0.25) is 0 Å². The number of carboxylic acids is 1. The third-order valence-corrected chi connectivity index (χ3v) is 3.62. The fraction of sp³-hybridized carbons (Fsp3) is 0.417. The van der Waals surface area contributed by atoms with Crippen LogP contribution in [0.25, 0.3) is 0 Å². The summed E-state index contributed by atoms with van der Waals surface area (Å²) < 4.78 is 22.5. The van der Waals surface area contributed by atoms with Crippen molar-refractivity contribution in [1.82, 2.24) is 0 Å². The molecule has 18 heavy (non-hydrogen) atoms. The Hall–Kier alpha value is -1.56. The molecule has 0 saturated carbocycles. The van der Waals surface area contributed by atoms with Gasteiger partial charge < -0.3 is 10.4 Å². The molecule has 0 spiro atoms. The Morgan fingerprint density at radius 1 is 1.33 bits per heavy atom. The van der Waals surface area contributed by atoms with Gasteiger partial charge in [-0.05, 0) is 37.6 Å². The van der Waals surface area contributed by atoms with Gasteiger partial charge in [-0.25, -0.2) is 8.42 Å². The lowest BCUT2D eigenvalue weighted by Gasteiger charge is -2.14. The summed E-state index contributed by atoms with van der Waals surface area (Å²) in [5, 5.41) is 11.7. The molecule has 5 nitrogen and oxygen atoms in total. The van der Waals surface area contributed by atoms with Crippen LogP contribution in [-0.4, -0.2) is 31.8 Å². The lowest BCUT2D eigenvalue weighted by molar-refractivity contribution is -0.137. The first-order valence-corrected chi connectivity index (χ1v) is 7.46. The Morgan fingerprint density at radius 2 is 1.89 bits per heavy atom. The highest BCUT2D eigenvalue weighted by molar-refractivity contribution is 7.90. The molecule has 0 aliphatic rings. The normalized spacial score (nSPS) is 13.0. The number of carboxylic acid groups (broad SMARTS) is 1. The molecule has 6 heteroatoms. The Kier molecular flexibility index (Phi) is 4.72. The Morgan fingerprint density at radius 3 is 2.33 bits per heavy atom. The van der Waals surface area contributed by atoms with E-state index in [-0.39, 0.29) is 17.4 Å². The Bertz CT molecular complexity index is 507. The minimum atomic E-state index is -3.18. The van der Waals surface area contributed by atoms with E-state index in [0.29, 0.717) is 6.42 Å². The maximum atomic E-state index is 11.3. The molecule has 2 N–H and O–H groups in total. The SMILES string of the molecule is CC(CCC(=O)O)Nc1ccc(S(C)(=O)=O)cc1. The molecule has 0 amide bonds. The third kappa shape index (κ3) is 4.75. The fourth-order valence-corrected chi connectivity index (χ4v) is 2.13. The van der Waals surface area contributed by atoms with Crippen LogP contribution in [0.5, 0.6) is 0 Å². The summed E-state index contributed by atoms with van der Waals surface area (Å²) in [5.74, 6) is -0.823. The number of nitrogens with one attached hydrogen (secondary N) is 1. The zero-order valence-corrected chi connectivity index (χ0v) is 11.2. The van der Waals surface area contributed by atoms with Crippen LogP contribution >= 0.6 is 0 Å². The molecule has 0 heterocycles. The third-order valence-electron chi connectivity index (χ3n) is 2.49. The average molecular weight is 271 g/mol. The smallest absolute Gasteiger partial charge is 0.303 e. The lowest BCUT2D eigenvalue weighted by atomic mass is 10.1. The summed E-state index contributed by atoms with van der Waals surface area (Å²) in [6.07, 6.45) is 1.78. The van der Waals surface area contributed by atoms with Gasteiger partial charge in [-0.15, -0.1) is 0 Å². The fourth-order valence-electron chi connectivity index (χ4n) is 1.50. The molecule has 1 aromatic rings. The number of rotatable bonds is 6. The van der Waals surface area contributed by atoms with Crippen molar-refractivity contribution in [3.05, 3.63) is 24.3 Å². The van der Waals surface area contributed by atoms with Gasteiger partial charge in [0.1, 0.15) is 0 Å². The van der Waals surface area contributed by atoms with Gasteiger partial charge in [0.25, 0.3) is 0 Å². The van der Waals surface area contributed by atoms with Crippen molar-refractivity contribution in [3.63, 3.8) is 0 Å². The number of sulfone groups is 1. The number of carbonyl (C=O) groups is 1. The number of benzene rings is 1. The highest BCUT2D eigenvalue weighted by atomic mass is 32.2. The molecule has 1 unspecified atom stereocenters. The summed E-state index contributed by atoms with van der Waals surface area (Å²) >= 11 is 0. The molecule has 1 aromatic carbocycles. The first-order valence-electron chi connectivity index (χ1n) is 5.57.